The molecule has 90 valence electrons. The van der Waals surface area contributed by atoms with E-state index in [1.807, 2.05) is 32.0 Å². The van der Waals surface area contributed by atoms with Crippen LogP contribution in [-0.2, 0) is 0 Å². The Kier molecular flexibility index (Phi) is 5.64. The van der Waals surface area contributed by atoms with Crippen LogP contribution in [-0.4, -0.2) is 19.2 Å². The lowest BCUT2D eigenvalue weighted by Crippen LogP contribution is -2.29. The number of nitrogens with one attached hydrogen (secondary N) is 1. The molecule has 1 rings (SSSR count). The fraction of sp³-hybridized carbons (Fsp3) is 0.538. The SMILES string of the molecule is CCCNCC(C)Oc1ccc(C)cc1Cl. The molecule has 1 aromatic rings. The highest BCUT2D eigenvalue weighted by molar-refractivity contribution is 6.32. The summed E-state index contributed by atoms with van der Waals surface area (Å²) >= 11 is 6.09. The van der Waals surface area contributed by atoms with E-state index in [0.29, 0.717) is 5.02 Å². The van der Waals surface area contributed by atoms with Crippen molar-refractivity contribution < 1.29 is 4.74 Å². The Bertz CT molecular complexity index is 328. The van der Waals surface area contributed by atoms with Gasteiger partial charge >= 0.3 is 0 Å². The van der Waals surface area contributed by atoms with Gasteiger partial charge in [-0.25, -0.2) is 0 Å². The van der Waals surface area contributed by atoms with Crippen molar-refractivity contribution in [1.82, 2.24) is 5.32 Å². The topological polar surface area (TPSA) is 21.3 Å². The molecule has 3 heteroatoms. The van der Waals surface area contributed by atoms with Crippen molar-refractivity contribution in [2.24, 2.45) is 0 Å². The number of hydrogen-bond donors (Lipinski definition) is 1. The zero-order valence-corrected chi connectivity index (χ0v) is 11.0. The van der Waals surface area contributed by atoms with E-state index in [1.165, 1.54) is 0 Å². The summed E-state index contributed by atoms with van der Waals surface area (Å²) in [7, 11) is 0. The summed E-state index contributed by atoms with van der Waals surface area (Å²) in [6.07, 6.45) is 1.27. The summed E-state index contributed by atoms with van der Waals surface area (Å²) in [5.41, 5.74) is 1.15. The Balaban J connectivity index is 2.46. The first-order chi connectivity index (χ1) is 7.63. The number of hydrogen-bond acceptors (Lipinski definition) is 2. The summed E-state index contributed by atoms with van der Waals surface area (Å²) in [5, 5.41) is 4.00. The first kappa shape index (κ1) is 13.3. The number of aryl methyl sites for hydroxylation is 1. The predicted octanol–water partition coefficient (Wildman–Crippen LogP) is 3.42. The Morgan fingerprint density at radius 3 is 2.81 bits per heavy atom. The molecule has 0 radical (unpaired) electrons. The highest BCUT2D eigenvalue weighted by Crippen LogP contribution is 2.25. The molecular formula is C13H20ClNO. The minimum absolute atomic E-state index is 0.131. The third-order valence-corrected chi connectivity index (χ3v) is 2.57. The van der Waals surface area contributed by atoms with Gasteiger partial charge in [-0.15, -0.1) is 0 Å². The highest BCUT2D eigenvalue weighted by Gasteiger charge is 2.06. The Morgan fingerprint density at radius 1 is 1.44 bits per heavy atom. The summed E-state index contributed by atoms with van der Waals surface area (Å²) < 4.78 is 5.75. The zero-order chi connectivity index (χ0) is 12.0. The van der Waals surface area contributed by atoms with Gasteiger partial charge in [0.05, 0.1) is 5.02 Å². The number of ether oxygens (including phenoxy) is 1. The molecule has 1 atom stereocenters. The van der Waals surface area contributed by atoms with Gasteiger partial charge in [0.25, 0.3) is 0 Å². The van der Waals surface area contributed by atoms with E-state index in [0.717, 1.165) is 30.8 Å². The van der Waals surface area contributed by atoms with Gasteiger partial charge in [-0.2, -0.15) is 0 Å². The Morgan fingerprint density at radius 2 is 2.19 bits per heavy atom. The van der Waals surface area contributed by atoms with Gasteiger partial charge < -0.3 is 10.1 Å². The molecule has 0 bridgehead atoms. The van der Waals surface area contributed by atoms with Crippen molar-refractivity contribution in [3.63, 3.8) is 0 Å². The van der Waals surface area contributed by atoms with Crippen molar-refractivity contribution in [3.05, 3.63) is 28.8 Å². The monoisotopic (exact) mass is 241 g/mol. The standard InChI is InChI=1S/C13H20ClNO/c1-4-7-15-9-11(3)16-13-6-5-10(2)8-12(13)14/h5-6,8,11,15H,4,7,9H2,1-3H3. The average molecular weight is 242 g/mol. The molecule has 1 aromatic carbocycles. The quantitative estimate of drug-likeness (QED) is 0.771. The lowest BCUT2D eigenvalue weighted by molar-refractivity contribution is 0.217. The van der Waals surface area contributed by atoms with E-state index >= 15 is 0 Å². The minimum Gasteiger partial charge on any atom is -0.488 e. The van der Waals surface area contributed by atoms with Gasteiger partial charge in [0, 0.05) is 6.54 Å². The smallest absolute Gasteiger partial charge is 0.138 e. The highest BCUT2D eigenvalue weighted by atomic mass is 35.5. The van der Waals surface area contributed by atoms with Crippen LogP contribution in [0.5, 0.6) is 5.75 Å². The molecule has 0 fully saturated rings. The molecule has 0 heterocycles. The third kappa shape index (κ3) is 4.42. The molecule has 0 spiro atoms. The van der Waals surface area contributed by atoms with Crippen molar-refractivity contribution in [2.75, 3.05) is 13.1 Å². The normalized spacial score (nSPS) is 12.5. The van der Waals surface area contributed by atoms with Crippen LogP contribution in [0.4, 0.5) is 0 Å². The van der Waals surface area contributed by atoms with Crippen LogP contribution in [0.15, 0.2) is 18.2 Å². The third-order valence-electron chi connectivity index (χ3n) is 2.27. The van der Waals surface area contributed by atoms with Gasteiger partial charge in [0.1, 0.15) is 11.9 Å². The number of rotatable bonds is 6. The lowest BCUT2D eigenvalue weighted by Gasteiger charge is -2.16. The van der Waals surface area contributed by atoms with E-state index < -0.39 is 0 Å². The van der Waals surface area contributed by atoms with Gasteiger partial charge in [0.2, 0.25) is 0 Å². The lowest BCUT2D eigenvalue weighted by atomic mass is 10.2. The molecule has 0 aliphatic carbocycles. The van der Waals surface area contributed by atoms with Gasteiger partial charge in [-0.05, 0) is 44.5 Å². The largest absolute Gasteiger partial charge is 0.488 e. The summed E-state index contributed by atoms with van der Waals surface area (Å²) in [5.74, 6) is 0.762. The molecule has 0 aliphatic heterocycles. The molecule has 2 nitrogen and oxygen atoms in total. The second kappa shape index (κ2) is 6.77. The van der Waals surface area contributed by atoms with Gasteiger partial charge in [-0.3, -0.25) is 0 Å². The molecule has 0 amide bonds. The van der Waals surface area contributed by atoms with Crippen molar-refractivity contribution in [1.29, 1.82) is 0 Å². The van der Waals surface area contributed by atoms with Crippen molar-refractivity contribution in [3.8, 4) is 5.75 Å². The summed E-state index contributed by atoms with van der Waals surface area (Å²) in [6, 6.07) is 5.85. The summed E-state index contributed by atoms with van der Waals surface area (Å²) in [6.45, 7) is 8.07. The molecular weight excluding hydrogens is 222 g/mol. The van der Waals surface area contributed by atoms with Crippen molar-refractivity contribution >= 4 is 11.6 Å². The molecule has 16 heavy (non-hydrogen) atoms. The maximum atomic E-state index is 6.09. The fourth-order valence-electron chi connectivity index (χ4n) is 1.44. The molecule has 1 N–H and O–H groups in total. The molecule has 0 aromatic heterocycles. The second-order valence-corrected chi connectivity index (χ2v) is 4.47. The van der Waals surface area contributed by atoms with Gasteiger partial charge in [-0.1, -0.05) is 24.6 Å². The van der Waals surface area contributed by atoms with E-state index in [1.54, 1.807) is 0 Å². The van der Waals surface area contributed by atoms with Gasteiger partial charge in [0.15, 0.2) is 0 Å². The van der Waals surface area contributed by atoms with Crippen LogP contribution >= 0.6 is 11.6 Å². The molecule has 0 aliphatic rings. The maximum Gasteiger partial charge on any atom is 0.138 e. The maximum absolute atomic E-state index is 6.09. The molecule has 1 unspecified atom stereocenters. The molecule has 0 saturated carbocycles. The second-order valence-electron chi connectivity index (χ2n) is 4.07. The van der Waals surface area contributed by atoms with Crippen LogP contribution < -0.4 is 10.1 Å². The number of benzene rings is 1. The minimum atomic E-state index is 0.131. The van der Waals surface area contributed by atoms with Crippen LogP contribution in [0, 0.1) is 6.92 Å². The van der Waals surface area contributed by atoms with E-state index in [9.17, 15) is 0 Å². The predicted molar refractivity (Wildman–Crippen MR) is 69.4 cm³/mol. The van der Waals surface area contributed by atoms with Crippen LogP contribution in [0.3, 0.4) is 0 Å². The first-order valence-electron chi connectivity index (χ1n) is 5.77. The van der Waals surface area contributed by atoms with E-state index in [4.69, 9.17) is 16.3 Å². The number of halogens is 1. The van der Waals surface area contributed by atoms with Crippen molar-refractivity contribution in [2.45, 2.75) is 33.3 Å². The summed E-state index contributed by atoms with van der Waals surface area (Å²) in [4.78, 5) is 0. The van der Waals surface area contributed by atoms with E-state index in [2.05, 4.69) is 12.2 Å². The van der Waals surface area contributed by atoms with E-state index in [-0.39, 0.29) is 6.10 Å². The Labute approximate surface area is 103 Å². The molecule has 0 saturated heterocycles. The van der Waals surface area contributed by atoms with Crippen LogP contribution in [0.2, 0.25) is 5.02 Å². The van der Waals surface area contributed by atoms with Crippen LogP contribution in [0.25, 0.3) is 0 Å². The fourth-order valence-corrected chi connectivity index (χ4v) is 1.72. The Hall–Kier alpha value is -0.730. The average Bonchev–Trinajstić information content (AvgIpc) is 2.23. The van der Waals surface area contributed by atoms with Crippen LogP contribution in [0.1, 0.15) is 25.8 Å². The zero-order valence-electron chi connectivity index (χ0n) is 10.2. The first-order valence-corrected chi connectivity index (χ1v) is 6.14.